The van der Waals surface area contributed by atoms with Crippen molar-refractivity contribution in [1.82, 2.24) is 15.0 Å². The molecule has 5 rings (SSSR count). The van der Waals surface area contributed by atoms with Crippen LogP contribution in [0, 0.1) is 5.92 Å². The Kier molecular flexibility index (Phi) is 8.12. The van der Waals surface area contributed by atoms with E-state index in [-0.39, 0.29) is 11.8 Å². The standard InChI is InChI=1S/C28H26Cl2N4O4/c1-36-22-8-10-23(11-9-22)37-25-12-7-21(30)15-24(25)31-28(35)19-5-3-13-34(16-19)17-26-32-27(33-38-26)18-4-2-6-20(29)14-18/h2,4,6-12,14-15,19H,3,5,13,16-17H2,1H3,(H,31,35). The van der Waals surface area contributed by atoms with Crippen LogP contribution in [-0.2, 0) is 11.3 Å². The Morgan fingerprint density at radius 1 is 1.08 bits per heavy atom. The average molecular weight is 553 g/mol. The number of anilines is 1. The Morgan fingerprint density at radius 3 is 2.66 bits per heavy atom. The number of hydrogen-bond acceptors (Lipinski definition) is 7. The van der Waals surface area contributed by atoms with Crippen LogP contribution in [-0.4, -0.2) is 41.1 Å². The van der Waals surface area contributed by atoms with Crippen molar-refractivity contribution in [1.29, 1.82) is 0 Å². The Morgan fingerprint density at radius 2 is 1.87 bits per heavy atom. The minimum Gasteiger partial charge on any atom is -0.497 e. The number of aromatic nitrogens is 2. The molecule has 8 nitrogen and oxygen atoms in total. The molecule has 2 heterocycles. The average Bonchev–Trinajstić information content (AvgIpc) is 3.39. The summed E-state index contributed by atoms with van der Waals surface area (Å²) in [5, 5.41) is 8.20. The van der Waals surface area contributed by atoms with Crippen molar-refractivity contribution in [2.24, 2.45) is 5.92 Å². The Hall–Kier alpha value is -3.59. The second-order valence-corrected chi connectivity index (χ2v) is 9.88. The zero-order valence-corrected chi connectivity index (χ0v) is 22.2. The topological polar surface area (TPSA) is 89.7 Å². The summed E-state index contributed by atoms with van der Waals surface area (Å²) in [7, 11) is 1.61. The number of ether oxygens (including phenoxy) is 2. The third-order valence-electron chi connectivity index (χ3n) is 6.27. The summed E-state index contributed by atoms with van der Waals surface area (Å²) in [6.07, 6.45) is 1.65. The van der Waals surface area contributed by atoms with Crippen molar-refractivity contribution >= 4 is 34.8 Å². The first-order valence-corrected chi connectivity index (χ1v) is 13.0. The van der Waals surface area contributed by atoms with Gasteiger partial charge in [-0.1, -0.05) is 40.5 Å². The smallest absolute Gasteiger partial charge is 0.241 e. The van der Waals surface area contributed by atoms with Crippen LogP contribution in [0.5, 0.6) is 17.2 Å². The quantitative estimate of drug-likeness (QED) is 0.260. The summed E-state index contributed by atoms with van der Waals surface area (Å²) < 4.78 is 16.7. The van der Waals surface area contributed by atoms with E-state index in [1.165, 1.54) is 0 Å². The van der Waals surface area contributed by atoms with Gasteiger partial charge in [-0.2, -0.15) is 4.98 Å². The lowest BCUT2D eigenvalue weighted by Gasteiger charge is -2.31. The third kappa shape index (κ3) is 6.45. The normalized spacial score (nSPS) is 15.7. The number of rotatable bonds is 8. The van der Waals surface area contributed by atoms with Gasteiger partial charge < -0.3 is 19.3 Å². The maximum absolute atomic E-state index is 13.3. The predicted octanol–water partition coefficient (Wildman–Crippen LogP) is 6.70. The molecule has 1 fully saturated rings. The minimum absolute atomic E-state index is 0.0957. The molecule has 0 bridgehead atoms. The van der Waals surface area contributed by atoms with E-state index in [4.69, 9.17) is 37.2 Å². The Labute approximate surface area is 230 Å². The fourth-order valence-electron chi connectivity index (χ4n) is 4.36. The number of nitrogens with zero attached hydrogens (tertiary/aromatic N) is 3. The van der Waals surface area contributed by atoms with Gasteiger partial charge in [-0.25, -0.2) is 0 Å². The third-order valence-corrected chi connectivity index (χ3v) is 6.74. The lowest BCUT2D eigenvalue weighted by molar-refractivity contribution is -0.121. The fraction of sp³-hybridized carbons (Fsp3) is 0.250. The molecule has 1 amide bonds. The second kappa shape index (κ2) is 11.9. The molecule has 0 aliphatic carbocycles. The number of hydrogen-bond donors (Lipinski definition) is 1. The van der Waals surface area contributed by atoms with Gasteiger partial charge in [0.05, 0.1) is 25.3 Å². The molecule has 10 heteroatoms. The number of carbonyl (C=O) groups is 1. The molecule has 0 saturated carbocycles. The van der Waals surface area contributed by atoms with Gasteiger partial charge in [0.15, 0.2) is 5.75 Å². The number of piperidine rings is 1. The van der Waals surface area contributed by atoms with Crippen molar-refractivity contribution in [3.63, 3.8) is 0 Å². The van der Waals surface area contributed by atoms with Crippen LogP contribution in [0.1, 0.15) is 18.7 Å². The molecule has 1 aliphatic rings. The van der Waals surface area contributed by atoms with E-state index < -0.39 is 0 Å². The zero-order chi connectivity index (χ0) is 26.5. The highest BCUT2D eigenvalue weighted by atomic mass is 35.5. The monoisotopic (exact) mass is 552 g/mol. The van der Waals surface area contributed by atoms with E-state index in [1.807, 2.05) is 24.3 Å². The molecule has 1 N–H and O–H groups in total. The van der Waals surface area contributed by atoms with E-state index in [2.05, 4.69) is 20.4 Å². The molecule has 38 heavy (non-hydrogen) atoms. The van der Waals surface area contributed by atoms with Gasteiger partial charge in [-0.3, -0.25) is 9.69 Å². The van der Waals surface area contributed by atoms with E-state index in [9.17, 15) is 4.79 Å². The van der Waals surface area contributed by atoms with Crippen molar-refractivity contribution in [3.8, 4) is 28.6 Å². The molecule has 1 unspecified atom stereocenters. The second-order valence-electron chi connectivity index (χ2n) is 9.00. The molecule has 1 aliphatic heterocycles. The minimum atomic E-state index is -0.216. The van der Waals surface area contributed by atoms with Gasteiger partial charge in [0.1, 0.15) is 11.5 Å². The number of nitrogens with one attached hydrogen (secondary N) is 1. The molecule has 1 saturated heterocycles. The van der Waals surface area contributed by atoms with Crippen LogP contribution in [0.4, 0.5) is 5.69 Å². The largest absolute Gasteiger partial charge is 0.497 e. The SMILES string of the molecule is COc1ccc(Oc2ccc(Cl)cc2NC(=O)C2CCCN(Cc3nc(-c4cccc(Cl)c4)no3)C2)cc1. The Balaban J connectivity index is 1.23. The van der Waals surface area contributed by atoms with Gasteiger partial charge in [-0.15, -0.1) is 0 Å². The van der Waals surface area contributed by atoms with Gasteiger partial charge in [0, 0.05) is 22.2 Å². The molecular formula is C28H26Cl2N4O4. The van der Waals surface area contributed by atoms with Gasteiger partial charge in [-0.05, 0) is 74.0 Å². The molecule has 3 aromatic carbocycles. The summed E-state index contributed by atoms with van der Waals surface area (Å²) in [5.74, 6) is 2.51. The first-order chi connectivity index (χ1) is 18.5. The molecule has 4 aromatic rings. The molecular weight excluding hydrogens is 527 g/mol. The number of likely N-dealkylation sites (tertiary alicyclic amines) is 1. The van der Waals surface area contributed by atoms with Crippen LogP contribution in [0.3, 0.4) is 0 Å². The van der Waals surface area contributed by atoms with Crippen LogP contribution in [0.2, 0.25) is 10.0 Å². The van der Waals surface area contributed by atoms with Gasteiger partial charge in [0.2, 0.25) is 17.6 Å². The van der Waals surface area contributed by atoms with Crippen LogP contribution >= 0.6 is 23.2 Å². The maximum atomic E-state index is 13.3. The maximum Gasteiger partial charge on any atom is 0.241 e. The summed E-state index contributed by atoms with van der Waals surface area (Å²) in [6.45, 7) is 1.86. The molecule has 196 valence electrons. The lowest BCUT2D eigenvalue weighted by Crippen LogP contribution is -2.40. The van der Waals surface area contributed by atoms with Crippen LogP contribution < -0.4 is 14.8 Å². The molecule has 0 radical (unpaired) electrons. The summed E-state index contributed by atoms with van der Waals surface area (Å²) in [6, 6.07) is 19.7. The number of halogens is 2. The number of benzene rings is 3. The van der Waals surface area contributed by atoms with E-state index in [1.54, 1.807) is 49.6 Å². The summed E-state index contributed by atoms with van der Waals surface area (Å²) in [4.78, 5) is 19.9. The van der Waals surface area contributed by atoms with Crippen molar-refractivity contribution in [2.45, 2.75) is 19.4 Å². The van der Waals surface area contributed by atoms with Crippen LogP contribution in [0.25, 0.3) is 11.4 Å². The highest BCUT2D eigenvalue weighted by molar-refractivity contribution is 6.31. The highest BCUT2D eigenvalue weighted by Gasteiger charge is 2.28. The van der Waals surface area contributed by atoms with Crippen molar-refractivity contribution in [3.05, 3.63) is 82.7 Å². The number of methoxy groups -OCH3 is 1. The van der Waals surface area contributed by atoms with E-state index in [0.29, 0.717) is 52.0 Å². The lowest BCUT2D eigenvalue weighted by atomic mass is 9.97. The molecule has 1 atom stereocenters. The highest BCUT2D eigenvalue weighted by Crippen LogP contribution is 2.33. The van der Waals surface area contributed by atoms with E-state index >= 15 is 0 Å². The first kappa shape index (κ1) is 26.0. The van der Waals surface area contributed by atoms with E-state index in [0.717, 1.165) is 30.7 Å². The van der Waals surface area contributed by atoms with Gasteiger partial charge in [0.25, 0.3) is 0 Å². The molecule has 0 spiro atoms. The van der Waals surface area contributed by atoms with Crippen LogP contribution in [0.15, 0.2) is 71.3 Å². The molecule has 1 aromatic heterocycles. The van der Waals surface area contributed by atoms with Crippen molar-refractivity contribution in [2.75, 3.05) is 25.5 Å². The Bertz CT molecular complexity index is 1410. The summed E-state index contributed by atoms with van der Waals surface area (Å²) >= 11 is 12.3. The summed E-state index contributed by atoms with van der Waals surface area (Å²) in [5.41, 5.74) is 1.30. The first-order valence-electron chi connectivity index (χ1n) is 12.2. The predicted molar refractivity (Wildman–Crippen MR) is 146 cm³/mol. The fourth-order valence-corrected chi connectivity index (χ4v) is 4.73. The van der Waals surface area contributed by atoms with Gasteiger partial charge >= 0.3 is 0 Å². The number of amides is 1. The van der Waals surface area contributed by atoms with Crippen molar-refractivity contribution < 1.29 is 18.8 Å². The number of carbonyl (C=O) groups excluding carboxylic acids is 1. The zero-order valence-electron chi connectivity index (χ0n) is 20.7.